The lowest BCUT2D eigenvalue weighted by molar-refractivity contribution is -0.118. The molecule has 24 heavy (non-hydrogen) atoms. The molecule has 4 heteroatoms. The van der Waals surface area contributed by atoms with Crippen LogP contribution in [0.3, 0.4) is 0 Å². The number of anilines is 1. The number of aryl methyl sites for hydroxylation is 3. The Bertz CT molecular complexity index is 778. The lowest BCUT2D eigenvalue weighted by atomic mass is 10.1. The molecule has 1 N–H and O–H groups in total. The highest BCUT2D eigenvalue weighted by atomic mass is 16.2. The molecule has 0 radical (unpaired) electrons. The third-order valence-corrected chi connectivity index (χ3v) is 4.31. The summed E-state index contributed by atoms with van der Waals surface area (Å²) in [6, 6.07) is 13.0. The first kappa shape index (κ1) is 16.2. The van der Waals surface area contributed by atoms with Gasteiger partial charge in [0.25, 0.3) is 5.91 Å². The molecule has 3 rings (SSSR count). The van der Waals surface area contributed by atoms with Gasteiger partial charge in [-0.05, 0) is 62.6 Å². The van der Waals surface area contributed by atoms with Gasteiger partial charge in [-0.1, -0.05) is 23.8 Å². The monoisotopic (exact) mass is 322 g/mol. The lowest BCUT2D eigenvalue weighted by Crippen LogP contribution is -2.41. The zero-order valence-corrected chi connectivity index (χ0v) is 14.3. The van der Waals surface area contributed by atoms with Crippen molar-refractivity contribution in [3.8, 4) is 0 Å². The van der Waals surface area contributed by atoms with Gasteiger partial charge in [-0.25, -0.2) is 0 Å². The average molecular weight is 322 g/mol. The summed E-state index contributed by atoms with van der Waals surface area (Å²) in [6.07, 6.45) is 0.628. The average Bonchev–Trinajstić information content (AvgIpc) is 2.87. The smallest absolute Gasteiger partial charge is 0.251 e. The van der Waals surface area contributed by atoms with Crippen molar-refractivity contribution in [1.82, 2.24) is 5.32 Å². The van der Waals surface area contributed by atoms with Gasteiger partial charge in [0.05, 0.1) is 0 Å². The van der Waals surface area contributed by atoms with Crippen molar-refractivity contribution in [2.24, 2.45) is 0 Å². The molecule has 4 nitrogen and oxygen atoms in total. The summed E-state index contributed by atoms with van der Waals surface area (Å²) in [5.74, 6) is -0.236. The number of amides is 2. The molecule has 0 unspecified atom stereocenters. The van der Waals surface area contributed by atoms with Crippen LogP contribution in [-0.2, 0) is 4.79 Å². The Morgan fingerprint density at radius 2 is 1.75 bits per heavy atom. The second kappa shape index (κ2) is 6.48. The molecule has 1 atom stereocenters. The van der Waals surface area contributed by atoms with Crippen molar-refractivity contribution < 1.29 is 9.59 Å². The molecule has 0 bridgehead atoms. The van der Waals surface area contributed by atoms with Gasteiger partial charge in [0.15, 0.2) is 0 Å². The molecular weight excluding hydrogens is 300 g/mol. The molecule has 1 aliphatic heterocycles. The number of hydrogen-bond acceptors (Lipinski definition) is 2. The predicted octanol–water partition coefficient (Wildman–Crippen LogP) is 3.15. The fraction of sp³-hybridized carbons (Fsp3) is 0.300. The van der Waals surface area contributed by atoms with E-state index < -0.39 is 6.04 Å². The maximum atomic E-state index is 12.7. The first-order valence-corrected chi connectivity index (χ1v) is 8.21. The Balaban J connectivity index is 1.73. The fourth-order valence-electron chi connectivity index (χ4n) is 3.20. The van der Waals surface area contributed by atoms with E-state index in [4.69, 9.17) is 0 Å². The van der Waals surface area contributed by atoms with Crippen LogP contribution in [0, 0.1) is 20.8 Å². The topological polar surface area (TPSA) is 49.4 Å². The van der Waals surface area contributed by atoms with Crippen LogP contribution in [0.4, 0.5) is 5.69 Å². The molecule has 124 valence electrons. The molecule has 2 aromatic carbocycles. The molecule has 0 aromatic heterocycles. The quantitative estimate of drug-likeness (QED) is 0.944. The number of nitrogens with one attached hydrogen (secondary N) is 1. The van der Waals surface area contributed by atoms with Crippen LogP contribution in [0.15, 0.2) is 42.5 Å². The van der Waals surface area contributed by atoms with E-state index in [0.717, 1.165) is 22.4 Å². The molecule has 0 saturated carbocycles. The van der Waals surface area contributed by atoms with Crippen molar-refractivity contribution >= 4 is 17.5 Å². The summed E-state index contributed by atoms with van der Waals surface area (Å²) < 4.78 is 0. The van der Waals surface area contributed by atoms with Crippen LogP contribution in [0.2, 0.25) is 0 Å². The van der Waals surface area contributed by atoms with E-state index >= 15 is 0 Å². The van der Waals surface area contributed by atoms with Crippen molar-refractivity contribution in [3.63, 3.8) is 0 Å². The van der Waals surface area contributed by atoms with E-state index in [-0.39, 0.29) is 11.8 Å². The molecule has 1 fully saturated rings. The minimum absolute atomic E-state index is 0.0407. The van der Waals surface area contributed by atoms with Gasteiger partial charge in [-0.3, -0.25) is 9.59 Å². The van der Waals surface area contributed by atoms with Gasteiger partial charge in [0.2, 0.25) is 5.91 Å². The van der Waals surface area contributed by atoms with E-state index in [1.54, 1.807) is 11.0 Å². The molecule has 2 aromatic rings. The highest BCUT2D eigenvalue weighted by molar-refractivity contribution is 6.04. The number of benzene rings is 2. The summed E-state index contributed by atoms with van der Waals surface area (Å²) in [6.45, 7) is 6.61. The second-order valence-electron chi connectivity index (χ2n) is 6.52. The van der Waals surface area contributed by atoms with Gasteiger partial charge in [0, 0.05) is 17.8 Å². The predicted molar refractivity (Wildman–Crippen MR) is 95.3 cm³/mol. The first-order chi connectivity index (χ1) is 11.4. The highest BCUT2D eigenvalue weighted by Crippen LogP contribution is 2.24. The van der Waals surface area contributed by atoms with Gasteiger partial charge >= 0.3 is 0 Å². The molecule has 2 amide bonds. The third-order valence-electron chi connectivity index (χ3n) is 4.31. The summed E-state index contributed by atoms with van der Waals surface area (Å²) in [4.78, 5) is 26.8. The van der Waals surface area contributed by atoms with Crippen LogP contribution < -0.4 is 10.2 Å². The molecular formula is C20H22N2O2. The lowest BCUT2D eigenvalue weighted by Gasteiger charge is -2.18. The Morgan fingerprint density at radius 1 is 1.04 bits per heavy atom. The maximum absolute atomic E-state index is 12.7. The Hall–Kier alpha value is -2.62. The van der Waals surface area contributed by atoms with Crippen LogP contribution >= 0.6 is 0 Å². The number of nitrogens with zero attached hydrogens (tertiary/aromatic N) is 1. The number of hydrogen-bond donors (Lipinski definition) is 1. The van der Waals surface area contributed by atoms with Crippen LogP contribution in [0.25, 0.3) is 0 Å². The molecule has 0 aliphatic carbocycles. The highest BCUT2D eigenvalue weighted by Gasteiger charge is 2.33. The third kappa shape index (κ3) is 3.32. The summed E-state index contributed by atoms with van der Waals surface area (Å²) in [5.41, 5.74) is 4.78. The van der Waals surface area contributed by atoms with Crippen molar-refractivity contribution in [2.45, 2.75) is 33.2 Å². The van der Waals surface area contributed by atoms with Gasteiger partial charge < -0.3 is 10.2 Å². The van der Waals surface area contributed by atoms with E-state index in [0.29, 0.717) is 18.5 Å². The minimum atomic E-state index is -0.459. The zero-order chi connectivity index (χ0) is 17.3. The Kier molecular flexibility index (Phi) is 4.38. The van der Waals surface area contributed by atoms with Crippen LogP contribution in [0.5, 0.6) is 0 Å². The second-order valence-corrected chi connectivity index (χ2v) is 6.52. The van der Waals surface area contributed by atoms with E-state index in [9.17, 15) is 9.59 Å². The Labute approximate surface area is 142 Å². The SMILES string of the molecule is Cc1cccc(C(=O)N[C@H]2CCN(c3cc(C)cc(C)c3)C2=O)c1. The van der Waals surface area contributed by atoms with E-state index in [1.165, 1.54) is 0 Å². The summed E-state index contributed by atoms with van der Waals surface area (Å²) >= 11 is 0. The summed E-state index contributed by atoms with van der Waals surface area (Å²) in [7, 11) is 0. The van der Waals surface area contributed by atoms with Crippen molar-refractivity contribution in [3.05, 3.63) is 64.7 Å². The minimum Gasteiger partial charge on any atom is -0.340 e. The van der Waals surface area contributed by atoms with E-state index in [2.05, 4.69) is 11.4 Å². The maximum Gasteiger partial charge on any atom is 0.251 e. The van der Waals surface area contributed by atoms with Crippen molar-refractivity contribution in [2.75, 3.05) is 11.4 Å². The molecule has 1 saturated heterocycles. The number of carbonyl (C=O) groups excluding carboxylic acids is 2. The first-order valence-electron chi connectivity index (χ1n) is 8.21. The largest absolute Gasteiger partial charge is 0.340 e. The molecule has 0 spiro atoms. The zero-order valence-electron chi connectivity index (χ0n) is 14.3. The van der Waals surface area contributed by atoms with Gasteiger partial charge in [-0.15, -0.1) is 0 Å². The van der Waals surface area contributed by atoms with Crippen LogP contribution in [-0.4, -0.2) is 24.4 Å². The number of carbonyl (C=O) groups is 2. The van der Waals surface area contributed by atoms with Crippen molar-refractivity contribution in [1.29, 1.82) is 0 Å². The normalized spacial score (nSPS) is 17.2. The van der Waals surface area contributed by atoms with Gasteiger partial charge in [0.1, 0.15) is 6.04 Å². The Morgan fingerprint density at radius 3 is 2.42 bits per heavy atom. The number of rotatable bonds is 3. The van der Waals surface area contributed by atoms with Crippen LogP contribution in [0.1, 0.15) is 33.5 Å². The fourth-order valence-corrected chi connectivity index (χ4v) is 3.20. The molecule has 1 aliphatic rings. The standard InChI is InChI=1S/C20H22N2O2/c1-13-5-4-6-16(10-13)19(23)21-18-7-8-22(20(18)24)17-11-14(2)9-15(3)12-17/h4-6,9-12,18H,7-8H2,1-3H3,(H,21,23)/t18-/m0/s1. The molecule has 1 heterocycles. The summed E-state index contributed by atoms with van der Waals surface area (Å²) in [5, 5.41) is 2.87. The van der Waals surface area contributed by atoms with Gasteiger partial charge in [-0.2, -0.15) is 0 Å². The van der Waals surface area contributed by atoms with E-state index in [1.807, 2.05) is 51.1 Å².